The molecule has 0 fully saturated rings. The van der Waals surface area contributed by atoms with Crippen molar-refractivity contribution in [2.45, 2.75) is 25.7 Å². The molecular formula is C22H27N7O2. The molecule has 162 valence electrons. The molecule has 4 heterocycles. The predicted octanol–water partition coefficient (Wildman–Crippen LogP) is 2.29. The van der Waals surface area contributed by atoms with Crippen molar-refractivity contribution in [2.75, 3.05) is 20.3 Å². The highest BCUT2D eigenvalue weighted by Crippen LogP contribution is 2.29. The second-order valence-electron chi connectivity index (χ2n) is 8.14. The van der Waals surface area contributed by atoms with Gasteiger partial charge in [0.25, 0.3) is 0 Å². The van der Waals surface area contributed by atoms with Gasteiger partial charge in [-0.15, -0.1) is 0 Å². The lowest BCUT2D eigenvalue weighted by atomic mass is 10.2. The van der Waals surface area contributed by atoms with Gasteiger partial charge in [-0.2, -0.15) is 10.2 Å². The molecule has 1 atom stereocenters. The largest absolute Gasteiger partial charge is 0.497 e. The molecule has 0 N–H and O–H groups in total. The second kappa shape index (κ2) is 8.16. The van der Waals surface area contributed by atoms with Crippen molar-refractivity contribution in [1.82, 2.24) is 34.0 Å². The Kier molecular flexibility index (Phi) is 5.21. The van der Waals surface area contributed by atoms with Gasteiger partial charge in [0.05, 0.1) is 43.2 Å². The lowest BCUT2D eigenvalue weighted by Crippen LogP contribution is -2.35. The fourth-order valence-corrected chi connectivity index (χ4v) is 4.37. The van der Waals surface area contributed by atoms with Crippen LogP contribution in [0.3, 0.4) is 0 Å². The third kappa shape index (κ3) is 4.06. The summed E-state index contributed by atoms with van der Waals surface area (Å²) in [5, 5.41) is 8.67. The lowest BCUT2D eigenvalue weighted by molar-refractivity contribution is 0.0402. The quantitative estimate of drug-likeness (QED) is 0.456. The summed E-state index contributed by atoms with van der Waals surface area (Å²) in [5.74, 6) is 1.78. The normalized spacial score (nSPS) is 16.2. The molecule has 4 aromatic rings. The first-order valence-corrected chi connectivity index (χ1v) is 10.4. The van der Waals surface area contributed by atoms with Gasteiger partial charge in [-0.3, -0.25) is 14.3 Å². The van der Waals surface area contributed by atoms with Gasteiger partial charge in [0, 0.05) is 63.3 Å². The Morgan fingerprint density at radius 1 is 1.10 bits per heavy atom. The van der Waals surface area contributed by atoms with Gasteiger partial charge in [0.15, 0.2) is 0 Å². The van der Waals surface area contributed by atoms with Crippen LogP contribution in [0, 0.1) is 0 Å². The summed E-state index contributed by atoms with van der Waals surface area (Å²) in [6.07, 6.45) is 7.99. The van der Waals surface area contributed by atoms with Gasteiger partial charge in [0.1, 0.15) is 18.2 Å². The molecule has 0 spiro atoms. The number of imidazole rings is 1. The fraction of sp³-hybridized carbons (Fsp3) is 0.409. The summed E-state index contributed by atoms with van der Waals surface area (Å²) in [5.41, 5.74) is 4.43. The minimum atomic E-state index is 0.162. The summed E-state index contributed by atoms with van der Waals surface area (Å²) in [4.78, 5) is 7.23. The van der Waals surface area contributed by atoms with Crippen LogP contribution in [-0.4, -0.2) is 54.3 Å². The zero-order valence-corrected chi connectivity index (χ0v) is 18.1. The smallest absolute Gasteiger partial charge is 0.136 e. The van der Waals surface area contributed by atoms with Gasteiger partial charge in [-0.05, 0) is 12.1 Å². The number of ether oxygens (including phenoxy) is 2. The van der Waals surface area contributed by atoms with Crippen LogP contribution in [-0.2, 0) is 38.5 Å². The second-order valence-corrected chi connectivity index (χ2v) is 8.14. The standard InChI is InChI=1S/C22H27N7O2/c1-26-9-16(7-23-26)11-28(12-17-8-24-27(2)10-17)13-18-14-31-15-22-25-20-6-19(30-3)4-5-21(20)29(18)22/h4-10,18H,11-15H2,1-3H3. The number of aryl methyl sites for hydroxylation is 2. The number of methoxy groups -OCH3 is 1. The molecule has 1 aliphatic heterocycles. The molecule has 5 rings (SSSR count). The summed E-state index contributed by atoms with van der Waals surface area (Å²) < 4.78 is 17.3. The Labute approximate surface area is 180 Å². The molecule has 0 saturated carbocycles. The average molecular weight is 422 g/mol. The first-order chi connectivity index (χ1) is 15.1. The van der Waals surface area contributed by atoms with Crippen LogP contribution in [0.1, 0.15) is 23.0 Å². The van der Waals surface area contributed by atoms with Crippen LogP contribution < -0.4 is 4.74 Å². The minimum Gasteiger partial charge on any atom is -0.497 e. The van der Waals surface area contributed by atoms with Crippen LogP contribution in [0.15, 0.2) is 43.0 Å². The van der Waals surface area contributed by atoms with Gasteiger partial charge < -0.3 is 14.0 Å². The number of nitrogens with zero attached hydrogens (tertiary/aromatic N) is 7. The molecule has 31 heavy (non-hydrogen) atoms. The van der Waals surface area contributed by atoms with E-state index >= 15 is 0 Å². The molecule has 0 saturated heterocycles. The van der Waals surface area contributed by atoms with E-state index in [4.69, 9.17) is 14.5 Å². The van der Waals surface area contributed by atoms with Gasteiger partial charge >= 0.3 is 0 Å². The van der Waals surface area contributed by atoms with E-state index in [1.807, 2.05) is 48.0 Å². The van der Waals surface area contributed by atoms with Crippen molar-refractivity contribution in [3.63, 3.8) is 0 Å². The van der Waals surface area contributed by atoms with E-state index in [0.29, 0.717) is 13.2 Å². The first-order valence-electron chi connectivity index (χ1n) is 10.4. The van der Waals surface area contributed by atoms with E-state index in [0.717, 1.165) is 42.2 Å². The molecule has 3 aromatic heterocycles. The number of hydrogen-bond donors (Lipinski definition) is 0. The van der Waals surface area contributed by atoms with Crippen LogP contribution in [0.2, 0.25) is 0 Å². The summed E-state index contributed by atoms with van der Waals surface area (Å²) in [6, 6.07) is 6.24. The highest BCUT2D eigenvalue weighted by Gasteiger charge is 2.26. The van der Waals surface area contributed by atoms with E-state index < -0.39 is 0 Å². The van der Waals surface area contributed by atoms with E-state index in [9.17, 15) is 0 Å². The maximum Gasteiger partial charge on any atom is 0.136 e. The number of fused-ring (bicyclic) bond motifs is 3. The topological polar surface area (TPSA) is 75.2 Å². The Morgan fingerprint density at radius 2 is 1.81 bits per heavy atom. The van der Waals surface area contributed by atoms with E-state index in [1.54, 1.807) is 7.11 Å². The molecule has 0 aliphatic carbocycles. The summed E-state index contributed by atoms with van der Waals surface area (Å²) in [7, 11) is 5.57. The van der Waals surface area contributed by atoms with Crippen LogP contribution in [0.4, 0.5) is 0 Å². The van der Waals surface area contributed by atoms with Gasteiger partial charge in [0.2, 0.25) is 0 Å². The Bertz CT molecular complexity index is 1150. The summed E-state index contributed by atoms with van der Waals surface area (Å²) in [6.45, 7) is 3.61. The molecule has 1 aromatic carbocycles. The van der Waals surface area contributed by atoms with E-state index in [2.05, 4.69) is 38.1 Å². The minimum absolute atomic E-state index is 0.162. The van der Waals surface area contributed by atoms with Crippen LogP contribution in [0.5, 0.6) is 5.75 Å². The molecule has 9 nitrogen and oxygen atoms in total. The first kappa shape index (κ1) is 19.8. The zero-order chi connectivity index (χ0) is 21.4. The molecule has 0 bridgehead atoms. The number of aromatic nitrogens is 6. The Balaban J connectivity index is 1.44. The van der Waals surface area contributed by atoms with Crippen molar-refractivity contribution in [3.05, 3.63) is 59.9 Å². The summed E-state index contributed by atoms with van der Waals surface area (Å²) >= 11 is 0. The molecule has 1 aliphatic rings. The van der Waals surface area contributed by atoms with Crippen LogP contribution >= 0.6 is 0 Å². The zero-order valence-electron chi connectivity index (χ0n) is 18.1. The van der Waals surface area contributed by atoms with Crippen molar-refractivity contribution in [2.24, 2.45) is 14.1 Å². The Hall–Kier alpha value is -3.17. The van der Waals surface area contributed by atoms with Gasteiger partial charge in [-0.1, -0.05) is 0 Å². The lowest BCUT2D eigenvalue weighted by Gasteiger charge is -2.31. The number of rotatable bonds is 7. The van der Waals surface area contributed by atoms with Crippen molar-refractivity contribution in [3.8, 4) is 5.75 Å². The highest BCUT2D eigenvalue weighted by molar-refractivity contribution is 5.78. The van der Waals surface area contributed by atoms with Gasteiger partial charge in [-0.25, -0.2) is 4.98 Å². The van der Waals surface area contributed by atoms with Crippen LogP contribution in [0.25, 0.3) is 11.0 Å². The molecular weight excluding hydrogens is 394 g/mol. The monoisotopic (exact) mass is 421 g/mol. The maximum absolute atomic E-state index is 5.93. The molecule has 1 unspecified atom stereocenters. The molecule has 9 heteroatoms. The average Bonchev–Trinajstić information content (AvgIpc) is 3.46. The highest BCUT2D eigenvalue weighted by atomic mass is 16.5. The van der Waals surface area contributed by atoms with E-state index in [-0.39, 0.29) is 6.04 Å². The number of hydrogen-bond acceptors (Lipinski definition) is 6. The fourth-order valence-electron chi connectivity index (χ4n) is 4.37. The third-order valence-electron chi connectivity index (χ3n) is 5.67. The maximum atomic E-state index is 5.93. The van der Waals surface area contributed by atoms with Crippen molar-refractivity contribution < 1.29 is 9.47 Å². The molecule has 0 radical (unpaired) electrons. The van der Waals surface area contributed by atoms with E-state index in [1.165, 1.54) is 11.1 Å². The van der Waals surface area contributed by atoms with Crippen molar-refractivity contribution >= 4 is 11.0 Å². The number of benzene rings is 1. The van der Waals surface area contributed by atoms with Crippen molar-refractivity contribution in [1.29, 1.82) is 0 Å². The SMILES string of the molecule is COc1ccc2c(c1)nc1n2C(CN(Cc2cnn(C)c2)Cc2cnn(C)c2)COC1. The third-order valence-corrected chi connectivity index (χ3v) is 5.67. The Morgan fingerprint density at radius 3 is 2.42 bits per heavy atom. The predicted molar refractivity (Wildman–Crippen MR) is 116 cm³/mol. The molecule has 0 amide bonds.